The molecule has 2 N–H and O–H groups in total. The fourth-order valence-corrected chi connectivity index (χ4v) is 6.85. The van der Waals surface area contributed by atoms with Gasteiger partial charge in [-0.1, -0.05) is 33.1 Å². The molecule has 67 heavy (non-hydrogen) atoms. The second kappa shape index (κ2) is 17.1. The molecule has 8 nitrogen and oxygen atoms in total. The maximum Gasteiger partial charge on any atom is 0.462 e. The van der Waals surface area contributed by atoms with E-state index in [1.54, 1.807) is 0 Å². The number of carbonyl (C=O) groups excluding carboxylic acids is 2. The van der Waals surface area contributed by atoms with Crippen molar-refractivity contribution in [1.29, 1.82) is 0 Å². The summed E-state index contributed by atoms with van der Waals surface area (Å²) in [6.45, 7) is 0.0120. The van der Waals surface area contributed by atoms with E-state index in [1.807, 2.05) is 0 Å². The maximum atomic E-state index is 15.0. The molecule has 2 saturated heterocycles. The predicted octanol–water partition coefficient (Wildman–Crippen LogP) is 11.1. The Kier molecular flexibility index (Phi) is 15.3. The smallest absolute Gasteiger partial charge is 0.417 e. The molecule has 2 aliphatic heterocycles. The van der Waals surface area contributed by atoms with Gasteiger partial charge in [0.1, 0.15) is 0 Å². The summed E-state index contributed by atoms with van der Waals surface area (Å²) >= 11 is 0. The van der Waals surface area contributed by atoms with E-state index in [2.05, 4.69) is 18.9 Å². The van der Waals surface area contributed by atoms with Crippen molar-refractivity contribution in [3.05, 3.63) is 0 Å². The van der Waals surface area contributed by atoms with Crippen molar-refractivity contribution in [2.75, 3.05) is 0 Å². The van der Waals surface area contributed by atoms with E-state index in [4.69, 9.17) is 5.11 Å². The molecule has 2 heterocycles. The summed E-state index contributed by atoms with van der Waals surface area (Å²) in [4.78, 5) is 24.1. The summed E-state index contributed by atoms with van der Waals surface area (Å²) in [6, 6.07) is 0. The lowest BCUT2D eigenvalue weighted by molar-refractivity contribution is -0.547. The maximum absolute atomic E-state index is 15.0. The average molecular weight is 1050 g/mol. The number of aliphatic hydroxyl groups excluding tert-OH is 2. The van der Waals surface area contributed by atoms with Crippen LogP contribution in [0.1, 0.15) is 79.6 Å². The Bertz CT molecular complexity index is 1800. The van der Waals surface area contributed by atoms with Crippen LogP contribution in [0.15, 0.2) is 0 Å². The van der Waals surface area contributed by atoms with Crippen molar-refractivity contribution in [3.8, 4) is 0 Å². The molecule has 0 radical (unpaired) electrons. The van der Waals surface area contributed by atoms with Crippen LogP contribution in [0.2, 0.25) is 0 Å². The Morgan fingerprint density at radius 3 is 1.09 bits per heavy atom. The third kappa shape index (κ3) is 8.60. The standard InChI is InChI=1S/C19H21F13O4.C14H13F13O4/c1-3-12(2,17(24,25)26)11(34)35-16(19(30,31)32)15(22,23)10(33)14(20,21)13(36-16,18(27,28)29)9-7-5-4-6-8-9;1-4-7(2,12(19,20)21)6(29)30-11(14(25,26)27)10(17,18)5(28)9(15,16)8(3,31-11)13(22,23)24/h9-10,33H,3-8H2,1-2H3;5,28H,4H2,1-3H3. The van der Waals surface area contributed by atoms with Gasteiger partial charge in [-0.25, -0.2) is 0 Å². The number of aliphatic hydroxyl groups is 2. The highest BCUT2D eigenvalue weighted by atomic mass is 19.4. The summed E-state index contributed by atoms with van der Waals surface area (Å²) in [5.74, 6) is -47.3. The lowest BCUT2D eigenvalue weighted by atomic mass is 9.68. The zero-order chi connectivity index (χ0) is 53.7. The Morgan fingerprint density at radius 1 is 0.507 bits per heavy atom. The second-order valence-electron chi connectivity index (χ2n) is 16.0. The van der Waals surface area contributed by atoms with Crippen LogP contribution in [0.3, 0.4) is 0 Å². The molecule has 0 spiro atoms. The molecule has 0 amide bonds. The molecule has 0 aromatic carbocycles. The molecule has 1 saturated carbocycles. The normalized spacial score (nSPS) is 33.6. The van der Waals surface area contributed by atoms with E-state index in [0.717, 1.165) is 0 Å². The molecule has 34 heteroatoms. The number of rotatable bonds is 7. The number of hydrogen-bond donors (Lipinski definition) is 2. The zero-order valence-corrected chi connectivity index (χ0v) is 33.9. The zero-order valence-electron chi connectivity index (χ0n) is 33.9. The second-order valence-corrected chi connectivity index (χ2v) is 16.0. The molecular formula is C33H34F26O8. The van der Waals surface area contributed by atoms with E-state index in [-0.39, 0.29) is 33.1 Å². The van der Waals surface area contributed by atoms with Crippen LogP contribution in [-0.2, 0) is 28.5 Å². The SMILES string of the molecule is CCC(C)(C(=O)OC1(C(F)(F)F)OC(C)(C(F)(F)F)C(F)(F)C(O)C1(F)F)C(F)(F)F.CCC(C)(C(=O)OC1(C(F)(F)F)OC(C2CCCCC2)(C(F)(F)F)C(F)(F)C(O)C1(F)F)C(F)(F)F. The minimum Gasteiger partial charge on any atom is -0.417 e. The monoisotopic (exact) mass is 1050 g/mol. The quantitative estimate of drug-likeness (QED) is 0.192. The van der Waals surface area contributed by atoms with E-state index in [9.17, 15) is 129 Å². The fourth-order valence-electron chi connectivity index (χ4n) is 6.85. The van der Waals surface area contributed by atoms with E-state index >= 15 is 0 Å². The molecule has 8 unspecified atom stereocenters. The van der Waals surface area contributed by atoms with Crippen LogP contribution in [0.25, 0.3) is 0 Å². The molecule has 3 fully saturated rings. The first-order chi connectivity index (χ1) is 29.2. The van der Waals surface area contributed by atoms with Gasteiger partial charge in [0.25, 0.3) is 0 Å². The van der Waals surface area contributed by atoms with Crippen LogP contribution >= 0.6 is 0 Å². The third-order valence-corrected chi connectivity index (χ3v) is 12.0. The number of alkyl halides is 26. The van der Waals surface area contributed by atoms with Crippen LogP contribution in [0.4, 0.5) is 114 Å². The van der Waals surface area contributed by atoms with Crippen LogP contribution < -0.4 is 0 Å². The summed E-state index contributed by atoms with van der Waals surface area (Å²) < 4.78 is 374. The van der Waals surface area contributed by atoms with Gasteiger partial charge in [0.05, 0.1) is 0 Å². The molecule has 3 aliphatic rings. The summed E-state index contributed by atoms with van der Waals surface area (Å²) in [5, 5.41) is 18.7. The molecule has 0 aromatic rings. The number of esters is 2. The average Bonchev–Trinajstić information content (AvgIpc) is 3.13. The van der Waals surface area contributed by atoms with Gasteiger partial charge in [0, 0.05) is 5.92 Å². The summed E-state index contributed by atoms with van der Waals surface area (Å²) in [7, 11) is 0. The number of halogens is 26. The van der Waals surface area contributed by atoms with Gasteiger partial charge in [0.15, 0.2) is 23.0 Å². The Hall–Kier alpha value is -3.04. The highest BCUT2D eigenvalue weighted by Gasteiger charge is 2.94. The fraction of sp³-hybridized carbons (Fsp3) is 0.939. The third-order valence-electron chi connectivity index (χ3n) is 12.0. The largest absolute Gasteiger partial charge is 0.462 e. The Balaban J connectivity index is 0.000000466. The first-order valence-electron chi connectivity index (χ1n) is 18.4. The van der Waals surface area contributed by atoms with Crippen molar-refractivity contribution in [3.63, 3.8) is 0 Å². The van der Waals surface area contributed by atoms with Gasteiger partial charge in [-0.2, -0.15) is 114 Å². The van der Waals surface area contributed by atoms with Crippen molar-refractivity contribution in [2.45, 2.75) is 175 Å². The van der Waals surface area contributed by atoms with Gasteiger partial charge in [-0.15, -0.1) is 0 Å². The van der Waals surface area contributed by atoms with Crippen molar-refractivity contribution in [1.82, 2.24) is 0 Å². The number of hydrogen-bond acceptors (Lipinski definition) is 8. The first kappa shape index (κ1) is 60.1. The van der Waals surface area contributed by atoms with E-state index < -0.39 is 157 Å². The van der Waals surface area contributed by atoms with Gasteiger partial charge in [-0.3, -0.25) is 9.59 Å². The Morgan fingerprint density at radius 2 is 0.821 bits per heavy atom. The summed E-state index contributed by atoms with van der Waals surface area (Å²) in [5.41, 5.74) is -19.1. The molecule has 1 aliphatic carbocycles. The molecule has 396 valence electrons. The topological polar surface area (TPSA) is 112 Å². The van der Waals surface area contributed by atoms with Crippen molar-refractivity contribution in [2.24, 2.45) is 16.7 Å². The van der Waals surface area contributed by atoms with E-state index in [1.165, 1.54) is 0 Å². The highest BCUT2D eigenvalue weighted by Crippen LogP contribution is 2.67. The molecular weight excluding hydrogens is 1020 g/mol. The van der Waals surface area contributed by atoms with E-state index in [0.29, 0.717) is 13.8 Å². The highest BCUT2D eigenvalue weighted by molar-refractivity contribution is 5.78. The first-order valence-corrected chi connectivity index (χ1v) is 18.4. The van der Waals surface area contributed by atoms with Crippen LogP contribution in [0, 0.1) is 16.7 Å². The number of carbonyl (C=O) groups is 2. The minimum absolute atomic E-state index is 0.0937. The van der Waals surface area contributed by atoms with Gasteiger partial charge < -0.3 is 29.2 Å². The van der Waals surface area contributed by atoms with Crippen molar-refractivity contribution < 1.29 is 153 Å². The lowest BCUT2D eigenvalue weighted by Gasteiger charge is -2.58. The molecule has 3 rings (SSSR count). The summed E-state index contributed by atoms with van der Waals surface area (Å²) in [6.07, 6.45) is -54.3. The molecule has 8 atom stereocenters. The van der Waals surface area contributed by atoms with Crippen molar-refractivity contribution >= 4 is 11.9 Å². The van der Waals surface area contributed by atoms with Crippen LogP contribution in [0.5, 0.6) is 0 Å². The van der Waals surface area contributed by atoms with Crippen LogP contribution in [-0.4, -0.2) is 118 Å². The molecule has 0 aromatic heterocycles. The lowest BCUT2D eigenvalue weighted by Crippen LogP contribution is -2.85. The van der Waals surface area contributed by atoms with Gasteiger partial charge in [0.2, 0.25) is 11.2 Å². The van der Waals surface area contributed by atoms with Gasteiger partial charge in [-0.05, 0) is 46.5 Å². The van der Waals surface area contributed by atoms with Gasteiger partial charge >= 0.3 is 84.3 Å². The Labute approximate surface area is 357 Å². The number of ether oxygens (including phenoxy) is 4. The molecule has 0 bridgehead atoms. The predicted molar refractivity (Wildman–Crippen MR) is 162 cm³/mol. The minimum atomic E-state index is -7.03.